The Labute approximate surface area is 83.2 Å². The highest BCUT2D eigenvalue weighted by Gasteiger charge is 2.25. The largest absolute Gasteiger partial charge is 0.364 e. The lowest BCUT2D eigenvalue weighted by Crippen LogP contribution is -2.47. The second-order valence-electron chi connectivity index (χ2n) is 3.84. The zero-order chi connectivity index (χ0) is 10.1. The second kappa shape index (κ2) is 3.44. The fraction of sp³-hybridized carbons (Fsp3) is 0.600. The normalized spacial score (nSPS) is 23.1. The van der Waals surface area contributed by atoms with Crippen molar-refractivity contribution in [2.75, 3.05) is 26.7 Å². The van der Waals surface area contributed by atoms with Gasteiger partial charge in [-0.1, -0.05) is 0 Å². The molecule has 1 fully saturated rings. The smallest absolute Gasteiger partial charge is 0.241 e. The Hall–Kier alpha value is -1.32. The molecule has 0 unspecified atom stereocenters. The highest BCUT2D eigenvalue weighted by molar-refractivity contribution is 5.93. The zero-order valence-electron chi connectivity index (χ0n) is 8.32. The first-order chi connectivity index (χ1) is 6.66. The van der Waals surface area contributed by atoms with Crippen LogP contribution in [0.4, 0.5) is 0 Å². The van der Waals surface area contributed by atoms with E-state index in [1.165, 1.54) is 0 Å². The Morgan fingerprint density at radius 3 is 2.57 bits per heavy atom. The number of allylic oxidation sites excluding steroid dienone is 2. The summed E-state index contributed by atoms with van der Waals surface area (Å²) in [5, 5.41) is 0. The number of likely N-dealkylation sites (N-methyl/N-ethyl adjacent to an activating group) is 1. The van der Waals surface area contributed by atoms with E-state index in [1.54, 1.807) is 11.0 Å². The summed E-state index contributed by atoms with van der Waals surface area (Å²) in [6.07, 6.45) is 3.09. The summed E-state index contributed by atoms with van der Waals surface area (Å²) in [4.78, 5) is 26.2. The molecule has 14 heavy (non-hydrogen) atoms. The van der Waals surface area contributed by atoms with Crippen molar-refractivity contribution >= 4 is 11.7 Å². The Bertz CT molecular complexity index is 309. The van der Waals surface area contributed by atoms with Gasteiger partial charge < -0.3 is 9.80 Å². The molecule has 2 aliphatic rings. The van der Waals surface area contributed by atoms with Crippen molar-refractivity contribution < 1.29 is 9.59 Å². The highest BCUT2D eigenvalue weighted by Crippen LogP contribution is 2.20. The van der Waals surface area contributed by atoms with Crippen LogP contribution < -0.4 is 0 Å². The van der Waals surface area contributed by atoms with Gasteiger partial charge in [0.2, 0.25) is 5.91 Å². The lowest BCUT2D eigenvalue weighted by molar-refractivity contribution is -0.133. The van der Waals surface area contributed by atoms with E-state index in [0.29, 0.717) is 13.0 Å². The molecular formula is C10H14N2O2. The molecule has 0 aromatic carbocycles. The van der Waals surface area contributed by atoms with E-state index in [9.17, 15) is 9.59 Å². The number of amides is 1. The molecule has 1 aliphatic carbocycles. The van der Waals surface area contributed by atoms with E-state index in [-0.39, 0.29) is 11.7 Å². The van der Waals surface area contributed by atoms with Crippen molar-refractivity contribution in [3.05, 3.63) is 11.8 Å². The van der Waals surface area contributed by atoms with Gasteiger partial charge in [-0.2, -0.15) is 0 Å². The van der Waals surface area contributed by atoms with Gasteiger partial charge in [-0.15, -0.1) is 0 Å². The third-order valence-electron chi connectivity index (χ3n) is 2.82. The summed E-state index contributed by atoms with van der Waals surface area (Å²) in [6, 6.07) is 0. The summed E-state index contributed by atoms with van der Waals surface area (Å²) < 4.78 is 0. The van der Waals surface area contributed by atoms with Gasteiger partial charge in [0.05, 0.1) is 6.54 Å². The Morgan fingerprint density at radius 1 is 1.21 bits per heavy atom. The van der Waals surface area contributed by atoms with Crippen LogP contribution in [0.3, 0.4) is 0 Å². The highest BCUT2D eigenvalue weighted by atomic mass is 16.2. The topological polar surface area (TPSA) is 40.6 Å². The predicted molar refractivity (Wildman–Crippen MR) is 51.5 cm³/mol. The first-order valence-electron chi connectivity index (χ1n) is 4.89. The van der Waals surface area contributed by atoms with Crippen LogP contribution in [0.2, 0.25) is 0 Å². The molecular weight excluding hydrogens is 180 g/mol. The molecule has 0 atom stereocenters. The monoisotopic (exact) mass is 194 g/mol. The van der Waals surface area contributed by atoms with Crippen LogP contribution in [0.15, 0.2) is 11.8 Å². The standard InChI is InChI=1S/C10H14N2O2/c1-11-4-5-12(7-10(11)14)8-2-3-9(13)6-8/h6H,2-5,7H2,1H3. The van der Waals surface area contributed by atoms with Crippen LogP contribution in [-0.4, -0.2) is 48.2 Å². The van der Waals surface area contributed by atoms with E-state index in [1.807, 2.05) is 11.9 Å². The molecule has 2 rings (SSSR count). The van der Waals surface area contributed by atoms with Crippen LogP contribution >= 0.6 is 0 Å². The molecule has 1 amide bonds. The van der Waals surface area contributed by atoms with Crippen molar-refractivity contribution in [2.24, 2.45) is 0 Å². The number of piperazine rings is 1. The molecule has 1 heterocycles. The molecule has 4 heteroatoms. The van der Waals surface area contributed by atoms with E-state index < -0.39 is 0 Å². The molecule has 76 valence electrons. The number of hydrogen-bond acceptors (Lipinski definition) is 3. The minimum Gasteiger partial charge on any atom is -0.364 e. The summed E-state index contributed by atoms with van der Waals surface area (Å²) in [7, 11) is 1.81. The lowest BCUT2D eigenvalue weighted by atomic mass is 10.2. The Kier molecular flexibility index (Phi) is 2.27. The van der Waals surface area contributed by atoms with Crippen molar-refractivity contribution in [3.63, 3.8) is 0 Å². The fourth-order valence-corrected chi connectivity index (χ4v) is 1.83. The van der Waals surface area contributed by atoms with Gasteiger partial charge in [0.15, 0.2) is 5.78 Å². The Morgan fingerprint density at radius 2 is 2.00 bits per heavy atom. The third-order valence-corrected chi connectivity index (χ3v) is 2.82. The summed E-state index contributed by atoms with van der Waals surface area (Å²) in [5.41, 5.74) is 1.04. The molecule has 0 radical (unpaired) electrons. The minimum atomic E-state index is 0.136. The van der Waals surface area contributed by atoms with Gasteiger partial charge in [-0.3, -0.25) is 9.59 Å². The van der Waals surface area contributed by atoms with Gasteiger partial charge in [0.25, 0.3) is 0 Å². The molecule has 0 saturated carbocycles. The minimum absolute atomic E-state index is 0.136. The molecule has 0 aromatic heterocycles. The second-order valence-corrected chi connectivity index (χ2v) is 3.84. The SMILES string of the molecule is CN1CCN(C2=CC(=O)CC2)CC1=O. The van der Waals surface area contributed by atoms with Crippen molar-refractivity contribution in [2.45, 2.75) is 12.8 Å². The maximum atomic E-state index is 11.4. The van der Waals surface area contributed by atoms with E-state index >= 15 is 0 Å². The zero-order valence-corrected chi connectivity index (χ0v) is 8.32. The number of ketones is 1. The first kappa shape index (κ1) is 9.24. The van der Waals surface area contributed by atoms with Crippen LogP contribution in [-0.2, 0) is 9.59 Å². The van der Waals surface area contributed by atoms with Crippen molar-refractivity contribution in [1.29, 1.82) is 0 Å². The van der Waals surface area contributed by atoms with E-state index in [4.69, 9.17) is 0 Å². The van der Waals surface area contributed by atoms with Crippen molar-refractivity contribution in [3.8, 4) is 0 Å². The molecule has 0 aromatic rings. The maximum absolute atomic E-state index is 11.4. The van der Waals surface area contributed by atoms with Gasteiger partial charge in [-0.05, 0) is 6.42 Å². The van der Waals surface area contributed by atoms with Gasteiger partial charge in [-0.25, -0.2) is 0 Å². The quantitative estimate of drug-likeness (QED) is 0.590. The fourth-order valence-electron chi connectivity index (χ4n) is 1.83. The molecule has 4 nitrogen and oxygen atoms in total. The third kappa shape index (κ3) is 1.64. The molecule has 1 saturated heterocycles. The number of nitrogens with zero attached hydrogens (tertiary/aromatic N) is 2. The number of carbonyl (C=O) groups excluding carboxylic acids is 2. The predicted octanol–water partition coefficient (Wildman–Crippen LogP) is 0.00720. The molecule has 0 bridgehead atoms. The molecule has 0 N–H and O–H groups in total. The van der Waals surface area contributed by atoms with Gasteiger partial charge >= 0.3 is 0 Å². The average Bonchev–Trinajstić information content (AvgIpc) is 2.57. The van der Waals surface area contributed by atoms with Crippen LogP contribution in [0, 0.1) is 0 Å². The van der Waals surface area contributed by atoms with Crippen LogP contribution in [0.25, 0.3) is 0 Å². The van der Waals surface area contributed by atoms with E-state index in [2.05, 4.69) is 0 Å². The molecule has 1 aliphatic heterocycles. The summed E-state index contributed by atoms with van der Waals surface area (Å²) in [5.74, 6) is 0.322. The van der Waals surface area contributed by atoms with Crippen LogP contribution in [0.1, 0.15) is 12.8 Å². The van der Waals surface area contributed by atoms with Gasteiger partial charge in [0.1, 0.15) is 0 Å². The Balaban J connectivity index is 2.03. The number of rotatable bonds is 1. The molecule has 0 spiro atoms. The lowest BCUT2D eigenvalue weighted by Gasteiger charge is -2.34. The maximum Gasteiger partial charge on any atom is 0.241 e. The summed E-state index contributed by atoms with van der Waals surface area (Å²) in [6.45, 7) is 2.03. The van der Waals surface area contributed by atoms with Crippen molar-refractivity contribution in [1.82, 2.24) is 9.80 Å². The van der Waals surface area contributed by atoms with Crippen LogP contribution in [0.5, 0.6) is 0 Å². The number of carbonyl (C=O) groups is 2. The average molecular weight is 194 g/mol. The number of hydrogen-bond donors (Lipinski definition) is 0. The first-order valence-corrected chi connectivity index (χ1v) is 4.89. The summed E-state index contributed by atoms with van der Waals surface area (Å²) >= 11 is 0. The van der Waals surface area contributed by atoms with E-state index in [0.717, 1.165) is 25.2 Å². The van der Waals surface area contributed by atoms with Gasteiger partial charge in [0, 0.05) is 38.3 Å².